The Morgan fingerprint density at radius 3 is 2.53 bits per heavy atom. The maximum Gasteiger partial charge on any atom is 0.0271 e. The second-order valence-corrected chi connectivity index (χ2v) is 4.61. The van der Waals surface area contributed by atoms with E-state index in [9.17, 15) is 0 Å². The molecule has 17 heavy (non-hydrogen) atoms. The van der Waals surface area contributed by atoms with Crippen LogP contribution >= 0.6 is 0 Å². The number of unbranched alkanes of at least 4 members (excludes halogenated alkanes) is 3. The number of pyridine rings is 1. The lowest BCUT2D eigenvalue weighted by Gasteiger charge is -2.16. The summed E-state index contributed by atoms with van der Waals surface area (Å²) in [5.74, 6) is 0. The molecule has 1 rings (SSSR count). The highest BCUT2D eigenvalue weighted by atomic mass is 15.1. The topological polar surface area (TPSA) is 28.2 Å². The molecule has 0 aliphatic heterocycles. The van der Waals surface area contributed by atoms with Crippen LogP contribution in [0.1, 0.15) is 31.2 Å². The zero-order chi connectivity index (χ0) is 12.3. The van der Waals surface area contributed by atoms with E-state index in [0.29, 0.717) is 0 Å². The van der Waals surface area contributed by atoms with Crippen LogP contribution in [0.2, 0.25) is 0 Å². The van der Waals surface area contributed by atoms with Crippen LogP contribution in [0.3, 0.4) is 0 Å². The van der Waals surface area contributed by atoms with Gasteiger partial charge in [-0.25, -0.2) is 0 Å². The minimum Gasteiger partial charge on any atom is -0.320 e. The quantitative estimate of drug-likeness (QED) is 0.666. The normalized spacial score (nSPS) is 11.0. The van der Waals surface area contributed by atoms with Gasteiger partial charge in [-0.05, 0) is 57.7 Å². The molecule has 0 saturated heterocycles. The van der Waals surface area contributed by atoms with Gasteiger partial charge in [-0.3, -0.25) is 4.98 Å². The monoisotopic (exact) mass is 235 g/mol. The van der Waals surface area contributed by atoms with E-state index in [1.807, 2.05) is 19.4 Å². The van der Waals surface area contributed by atoms with E-state index in [-0.39, 0.29) is 0 Å². The maximum absolute atomic E-state index is 4.03. The number of nitrogens with one attached hydrogen (secondary N) is 1. The van der Waals surface area contributed by atoms with Crippen molar-refractivity contribution in [2.45, 2.75) is 32.2 Å². The van der Waals surface area contributed by atoms with Crippen molar-refractivity contribution in [3.8, 4) is 0 Å². The molecule has 0 fully saturated rings. The fourth-order valence-electron chi connectivity index (χ4n) is 1.92. The first-order chi connectivity index (χ1) is 8.33. The smallest absolute Gasteiger partial charge is 0.0271 e. The standard InChI is InChI=1S/C14H25N3/c1-15-9-5-3-4-6-12-17(2)13-14-7-10-16-11-8-14/h7-8,10-11,15H,3-6,9,12-13H2,1-2H3. The Kier molecular flexibility index (Phi) is 7.60. The van der Waals surface area contributed by atoms with Crippen LogP contribution in [-0.4, -0.2) is 37.1 Å². The van der Waals surface area contributed by atoms with E-state index in [1.54, 1.807) is 0 Å². The molecule has 1 aromatic heterocycles. The summed E-state index contributed by atoms with van der Waals surface area (Å²) < 4.78 is 0. The second kappa shape index (κ2) is 9.14. The molecule has 0 amide bonds. The van der Waals surface area contributed by atoms with Gasteiger partial charge < -0.3 is 10.2 Å². The summed E-state index contributed by atoms with van der Waals surface area (Å²) in [5, 5.41) is 3.18. The molecule has 0 bridgehead atoms. The van der Waals surface area contributed by atoms with Crippen LogP contribution in [0.4, 0.5) is 0 Å². The Hall–Kier alpha value is -0.930. The Morgan fingerprint density at radius 1 is 1.12 bits per heavy atom. The molecular weight excluding hydrogens is 210 g/mol. The molecule has 0 aromatic carbocycles. The Morgan fingerprint density at radius 2 is 1.82 bits per heavy atom. The number of nitrogens with zero attached hydrogens (tertiary/aromatic N) is 2. The van der Waals surface area contributed by atoms with E-state index in [0.717, 1.165) is 13.1 Å². The molecule has 0 saturated carbocycles. The summed E-state index contributed by atoms with van der Waals surface area (Å²) in [7, 11) is 4.20. The van der Waals surface area contributed by atoms with E-state index >= 15 is 0 Å². The summed E-state index contributed by atoms with van der Waals surface area (Å²) in [5.41, 5.74) is 1.35. The Labute approximate surface area is 105 Å². The fraction of sp³-hybridized carbons (Fsp3) is 0.643. The van der Waals surface area contributed by atoms with Crippen LogP contribution in [0.25, 0.3) is 0 Å². The summed E-state index contributed by atoms with van der Waals surface area (Å²) in [6.07, 6.45) is 8.99. The van der Waals surface area contributed by atoms with Gasteiger partial charge in [0.1, 0.15) is 0 Å². The van der Waals surface area contributed by atoms with Gasteiger partial charge in [0.05, 0.1) is 0 Å². The fourth-order valence-corrected chi connectivity index (χ4v) is 1.92. The molecule has 0 atom stereocenters. The van der Waals surface area contributed by atoms with Gasteiger partial charge in [-0.1, -0.05) is 12.8 Å². The van der Waals surface area contributed by atoms with Crippen molar-refractivity contribution in [1.82, 2.24) is 15.2 Å². The zero-order valence-corrected chi connectivity index (χ0v) is 11.2. The van der Waals surface area contributed by atoms with E-state index in [1.165, 1.54) is 37.8 Å². The summed E-state index contributed by atoms with van der Waals surface area (Å²) in [4.78, 5) is 6.41. The molecule has 0 spiro atoms. The van der Waals surface area contributed by atoms with Gasteiger partial charge in [0.15, 0.2) is 0 Å². The third-order valence-corrected chi connectivity index (χ3v) is 2.92. The number of hydrogen-bond donors (Lipinski definition) is 1. The molecular formula is C14H25N3. The van der Waals surface area contributed by atoms with E-state index in [4.69, 9.17) is 0 Å². The first-order valence-electron chi connectivity index (χ1n) is 6.55. The predicted octanol–water partition coefficient (Wildman–Crippen LogP) is 2.29. The maximum atomic E-state index is 4.03. The largest absolute Gasteiger partial charge is 0.320 e. The molecule has 1 aromatic rings. The van der Waals surface area contributed by atoms with E-state index in [2.05, 4.69) is 34.4 Å². The minimum absolute atomic E-state index is 1.03. The Bertz CT molecular complexity index is 274. The minimum atomic E-state index is 1.03. The van der Waals surface area contributed by atoms with Gasteiger partial charge in [0, 0.05) is 18.9 Å². The van der Waals surface area contributed by atoms with Gasteiger partial charge >= 0.3 is 0 Å². The molecule has 96 valence electrons. The average molecular weight is 235 g/mol. The highest BCUT2D eigenvalue weighted by Gasteiger charge is 1.99. The molecule has 0 aliphatic carbocycles. The third kappa shape index (κ3) is 7.08. The van der Waals surface area contributed by atoms with Gasteiger partial charge in [-0.15, -0.1) is 0 Å². The first kappa shape index (κ1) is 14.1. The molecule has 0 unspecified atom stereocenters. The van der Waals surface area contributed by atoms with Crippen molar-refractivity contribution in [3.63, 3.8) is 0 Å². The number of rotatable bonds is 9. The van der Waals surface area contributed by atoms with Crippen molar-refractivity contribution in [2.24, 2.45) is 0 Å². The van der Waals surface area contributed by atoms with Crippen LogP contribution in [-0.2, 0) is 6.54 Å². The van der Waals surface area contributed by atoms with Crippen molar-refractivity contribution in [3.05, 3.63) is 30.1 Å². The van der Waals surface area contributed by atoms with Crippen LogP contribution in [0.5, 0.6) is 0 Å². The molecule has 3 heteroatoms. The number of hydrogen-bond acceptors (Lipinski definition) is 3. The van der Waals surface area contributed by atoms with E-state index < -0.39 is 0 Å². The zero-order valence-electron chi connectivity index (χ0n) is 11.2. The molecule has 3 nitrogen and oxygen atoms in total. The predicted molar refractivity (Wildman–Crippen MR) is 73.0 cm³/mol. The summed E-state index contributed by atoms with van der Waals surface area (Å²) in [6.45, 7) is 3.35. The lowest BCUT2D eigenvalue weighted by atomic mass is 10.2. The van der Waals surface area contributed by atoms with Gasteiger partial charge in [0.2, 0.25) is 0 Å². The van der Waals surface area contributed by atoms with Gasteiger partial charge in [-0.2, -0.15) is 0 Å². The van der Waals surface area contributed by atoms with Crippen molar-refractivity contribution in [1.29, 1.82) is 0 Å². The van der Waals surface area contributed by atoms with Crippen LogP contribution < -0.4 is 5.32 Å². The lowest BCUT2D eigenvalue weighted by molar-refractivity contribution is 0.316. The Balaban J connectivity index is 2.03. The van der Waals surface area contributed by atoms with Crippen molar-refractivity contribution in [2.75, 3.05) is 27.2 Å². The lowest BCUT2D eigenvalue weighted by Crippen LogP contribution is -2.19. The third-order valence-electron chi connectivity index (χ3n) is 2.92. The molecule has 0 aliphatic rings. The highest BCUT2D eigenvalue weighted by Crippen LogP contribution is 2.04. The first-order valence-corrected chi connectivity index (χ1v) is 6.55. The highest BCUT2D eigenvalue weighted by molar-refractivity contribution is 5.09. The van der Waals surface area contributed by atoms with Crippen LogP contribution in [0.15, 0.2) is 24.5 Å². The van der Waals surface area contributed by atoms with Crippen molar-refractivity contribution >= 4 is 0 Å². The molecule has 1 N–H and O–H groups in total. The summed E-state index contributed by atoms with van der Waals surface area (Å²) >= 11 is 0. The molecule has 0 radical (unpaired) electrons. The van der Waals surface area contributed by atoms with Gasteiger partial charge in [0.25, 0.3) is 0 Å². The van der Waals surface area contributed by atoms with Crippen molar-refractivity contribution < 1.29 is 0 Å². The molecule has 1 heterocycles. The van der Waals surface area contributed by atoms with Crippen LogP contribution in [0, 0.1) is 0 Å². The number of aromatic nitrogens is 1. The summed E-state index contributed by atoms with van der Waals surface area (Å²) in [6, 6.07) is 4.17. The second-order valence-electron chi connectivity index (χ2n) is 4.61. The SMILES string of the molecule is CNCCCCCCN(C)Cc1ccncc1. The average Bonchev–Trinajstić information content (AvgIpc) is 2.35.